The van der Waals surface area contributed by atoms with E-state index in [-0.39, 0.29) is 0 Å². The third-order valence-electron chi connectivity index (χ3n) is 3.84. The summed E-state index contributed by atoms with van der Waals surface area (Å²) in [5.41, 5.74) is 0.673. The van der Waals surface area contributed by atoms with Crippen molar-refractivity contribution in [1.29, 1.82) is 5.26 Å². The number of hydrogen-bond donors (Lipinski definition) is 0. The van der Waals surface area contributed by atoms with Gasteiger partial charge in [-0.05, 0) is 17.8 Å². The molecule has 0 saturated carbocycles. The highest BCUT2D eigenvalue weighted by molar-refractivity contribution is 5.38. The first-order chi connectivity index (χ1) is 8.03. The van der Waals surface area contributed by atoms with Crippen LogP contribution in [0.4, 0.5) is 5.82 Å². The second kappa shape index (κ2) is 4.33. The molecule has 1 saturated heterocycles. The van der Waals surface area contributed by atoms with Crippen LogP contribution in [-0.4, -0.2) is 23.1 Å². The molecule has 1 aliphatic rings. The van der Waals surface area contributed by atoms with Crippen LogP contribution < -0.4 is 4.90 Å². The van der Waals surface area contributed by atoms with E-state index in [9.17, 15) is 0 Å². The van der Waals surface area contributed by atoms with Crippen molar-refractivity contribution in [3.8, 4) is 6.07 Å². The molecule has 1 aromatic rings. The summed E-state index contributed by atoms with van der Waals surface area (Å²) >= 11 is 0. The molecule has 1 aromatic heterocycles. The van der Waals surface area contributed by atoms with Crippen LogP contribution in [0.2, 0.25) is 0 Å². The van der Waals surface area contributed by atoms with Crippen molar-refractivity contribution < 1.29 is 0 Å². The lowest BCUT2D eigenvalue weighted by Crippen LogP contribution is -2.45. The molecule has 0 N–H and O–H groups in total. The predicted octanol–water partition coefficient (Wildman–Crippen LogP) is 2.22. The Morgan fingerprint density at radius 1 is 1.41 bits per heavy atom. The van der Waals surface area contributed by atoms with E-state index < -0.39 is 0 Å². The van der Waals surface area contributed by atoms with Crippen molar-refractivity contribution in [3.05, 3.63) is 18.1 Å². The molecule has 90 valence electrons. The lowest BCUT2D eigenvalue weighted by molar-refractivity contribution is 0.193. The van der Waals surface area contributed by atoms with E-state index in [1.807, 2.05) is 6.07 Å². The third kappa shape index (κ3) is 2.38. The quantitative estimate of drug-likeness (QED) is 0.742. The summed E-state index contributed by atoms with van der Waals surface area (Å²) in [6.07, 6.45) is 4.42. The maximum absolute atomic E-state index is 8.69. The highest BCUT2D eigenvalue weighted by atomic mass is 15.2. The fourth-order valence-electron chi connectivity index (χ4n) is 2.20. The summed E-state index contributed by atoms with van der Waals surface area (Å²) in [4.78, 5) is 10.6. The highest BCUT2D eigenvalue weighted by Crippen LogP contribution is 2.35. The van der Waals surface area contributed by atoms with E-state index >= 15 is 0 Å². The molecule has 0 aliphatic carbocycles. The van der Waals surface area contributed by atoms with Crippen LogP contribution in [-0.2, 0) is 0 Å². The molecule has 2 rings (SSSR count). The normalized spacial score (nSPS) is 23.2. The molecule has 0 aromatic carbocycles. The maximum atomic E-state index is 8.69. The second-order valence-corrected chi connectivity index (χ2v) is 5.47. The van der Waals surface area contributed by atoms with Gasteiger partial charge in [-0.3, -0.25) is 0 Å². The number of aromatic nitrogens is 2. The SMILES string of the molecule is CC1CCN(c2cnc(C#N)cn2)CC1(C)C. The fourth-order valence-corrected chi connectivity index (χ4v) is 2.20. The summed E-state index contributed by atoms with van der Waals surface area (Å²) < 4.78 is 0. The predicted molar refractivity (Wildman–Crippen MR) is 66.5 cm³/mol. The Balaban J connectivity index is 2.15. The fraction of sp³-hybridized carbons (Fsp3) is 0.615. The largest absolute Gasteiger partial charge is 0.355 e. The first-order valence-electron chi connectivity index (χ1n) is 6.00. The Morgan fingerprint density at radius 3 is 2.71 bits per heavy atom. The van der Waals surface area contributed by atoms with Crippen LogP contribution in [0, 0.1) is 22.7 Å². The zero-order chi connectivity index (χ0) is 12.5. The van der Waals surface area contributed by atoms with Gasteiger partial charge >= 0.3 is 0 Å². The van der Waals surface area contributed by atoms with Gasteiger partial charge in [-0.15, -0.1) is 0 Å². The van der Waals surface area contributed by atoms with Gasteiger partial charge in [-0.1, -0.05) is 20.8 Å². The number of piperidine rings is 1. The van der Waals surface area contributed by atoms with Gasteiger partial charge in [-0.2, -0.15) is 5.26 Å². The molecular formula is C13H18N4. The van der Waals surface area contributed by atoms with E-state index in [0.717, 1.165) is 24.8 Å². The lowest BCUT2D eigenvalue weighted by atomic mass is 9.75. The topological polar surface area (TPSA) is 52.8 Å². The van der Waals surface area contributed by atoms with Gasteiger partial charge in [0.05, 0.1) is 12.4 Å². The summed E-state index contributed by atoms with van der Waals surface area (Å²) in [5.74, 6) is 1.61. The molecule has 17 heavy (non-hydrogen) atoms. The monoisotopic (exact) mass is 230 g/mol. The molecule has 1 atom stereocenters. The molecule has 1 aliphatic heterocycles. The van der Waals surface area contributed by atoms with Gasteiger partial charge in [0.2, 0.25) is 0 Å². The first-order valence-corrected chi connectivity index (χ1v) is 6.00. The van der Waals surface area contributed by atoms with Gasteiger partial charge in [0.15, 0.2) is 5.69 Å². The molecule has 4 heteroatoms. The van der Waals surface area contributed by atoms with Crippen molar-refractivity contribution in [2.75, 3.05) is 18.0 Å². The summed E-state index contributed by atoms with van der Waals surface area (Å²) in [6, 6.07) is 1.99. The number of anilines is 1. The molecule has 0 radical (unpaired) electrons. The minimum atomic E-state index is 0.299. The molecule has 2 heterocycles. The minimum Gasteiger partial charge on any atom is -0.355 e. The summed E-state index contributed by atoms with van der Waals surface area (Å²) in [7, 11) is 0. The van der Waals surface area contributed by atoms with Gasteiger partial charge < -0.3 is 4.90 Å². The van der Waals surface area contributed by atoms with Gasteiger partial charge in [0.1, 0.15) is 11.9 Å². The molecule has 0 spiro atoms. The molecule has 4 nitrogen and oxygen atoms in total. The molecule has 0 bridgehead atoms. The van der Waals surface area contributed by atoms with Crippen LogP contribution in [0.3, 0.4) is 0 Å². The van der Waals surface area contributed by atoms with Crippen molar-refractivity contribution in [3.63, 3.8) is 0 Å². The first kappa shape index (κ1) is 11.8. The van der Waals surface area contributed by atoms with E-state index in [1.54, 1.807) is 12.4 Å². The van der Waals surface area contributed by atoms with Gasteiger partial charge in [0.25, 0.3) is 0 Å². The molecule has 1 unspecified atom stereocenters. The van der Waals surface area contributed by atoms with E-state index in [1.165, 1.54) is 6.42 Å². The average Bonchev–Trinajstić information content (AvgIpc) is 2.33. The van der Waals surface area contributed by atoms with Crippen molar-refractivity contribution >= 4 is 5.82 Å². The zero-order valence-corrected chi connectivity index (χ0v) is 10.6. The Kier molecular flexibility index (Phi) is 3.01. The zero-order valence-electron chi connectivity index (χ0n) is 10.6. The van der Waals surface area contributed by atoms with Crippen LogP contribution in [0.25, 0.3) is 0 Å². The number of nitrogens with zero attached hydrogens (tertiary/aromatic N) is 4. The molecule has 1 fully saturated rings. The van der Waals surface area contributed by atoms with Crippen LogP contribution >= 0.6 is 0 Å². The Morgan fingerprint density at radius 2 is 2.18 bits per heavy atom. The third-order valence-corrected chi connectivity index (χ3v) is 3.84. The maximum Gasteiger partial charge on any atom is 0.158 e. The van der Waals surface area contributed by atoms with Gasteiger partial charge in [-0.25, -0.2) is 9.97 Å². The van der Waals surface area contributed by atoms with Crippen LogP contribution in [0.1, 0.15) is 32.9 Å². The van der Waals surface area contributed by atoms with Crippen LogP contribution in [0.5, 0.6) is 0 Å². The van der Waals surface area contributed by atoms with E-state index in [4.69, 9.17) is 5.26 Å². The molecule has 0 amide bonds. The Labute approximate surface area is 102 Å². The average molecular weight is 230 g/mol. The number of hydrogen-bond acceptors (Lipinski definition) is 4. The molecular weight excluding hydrogens is 212 g/mol. The van der Waals surface area contributed by atoms with Crippen molar-refractivity contribution in [1.82, 2.24) is 9.97 Å². The van der Waals surface area contributed by atoms with Crippen LogP contribution in [0.15, 0.2) is 12.4 Å². The highest BCUT2D eigenvalue weighted by Gasteiger charge is 2.33. The standard InChI is InChI=1S/C13H18N4/c1-10-4-5-17(9-13(10,2)3)12-8-15-11(6-14)7-16-12/h7-8,10H,4-5,9H2,1-3H3. The lowest BCUT2D eigenvalue weighted by Gasteiger charge is -2.43. The Hall–Kier alpha value is -1.63. The summed E-state index contributed by atoms with van der Waals surface area (Å²) in [6.45, 7) is 8.91. The summed E-state index contributed by atoms with van der Waals surface area (Å²) in [5, 5.41) is 8.69. The Bertz CT molecular complexity index is 430. The second-order valence-electron chi connectivity index (χ2n) is 5.47. The number of nitriles is 1. The van der Waals surface area contributed by atoms with E-state index in [2.05, 4.69) is 35.6 Å². The minimum absolute atomic E-state index is 0.299. The van der Waals surface area contributed by atoms with Crippen molar-refractivity contribution in [2.24, 2.45) is 11.3 Å². The van der Waals surface area contributed by atoms with E-state index in [0.29, 0.717) is 11.1 Å². The number of rotatable bonds is 1. The van der Waals surface area contributed by atoms with Gasteiger partial charge in [0, 0.05) is 13.1 Å². The van der Waals surface area contributed by atoms with Crippen molar-refractivity contribution in [2.45, 2.75) is 27.2 Å². The smallest absolute Gasteiger partial charge is 0.158 e.